The number of ether oxygens (including phenoxy) is 1. The van der Waals surface area contributed by atoms with Crippen LogP contribution in [0, 0.1) is 22.7 Å². The van der Waals surface area contributed by atoms with E-state index in [1.165, 1.54) is 6.42 Å². The van der Waals surface area contributed by atoms with Gasteiger partial charge in [-0.1, -0.05) is 19.3 Å². The maximum atomic E-state index is 13.4. The van der Waals surface area contributed by atoms with Crippen LogP contribution in [0.25, 0.3) is 11.0 Å². The predicted molar refractivity (Wildman–Crippen MR) is 152 cm³/mol. The second kappa shape index (κ2) is 12.1. The summed E-state index contributed by atoms with van der Waals surface area (Å²) in [5, 5.41) is 9.48. The van der Waals surface area contributed by atoms with Crippen molar-refractivity contribution in [3.63, 3.8) is 0 Å². The molecular weight excluding hydrogens is 504 g/mol. The van der Waals surface area contributed by atoms with Crippen LogP contribution in [0.3, 0.4) is 0 Å². The first-order valence-corrected chi connectivity index (χ1v) is 14.5. The van der Waals surface area contributed by atoms with Crippen molar-refractivity contribution >= 4 is 28.6 Å². The second-order valence-corrected chi connectivity index (χ2v) is 11.2. The molecule has 3 heterocycles. The molecule has 1 atom stereocenters. The van der Waals surface area contributed by atoms with E-state index < -0.39 is 11.5 Å². The Morgan fingerprint density at radius 2 is 1.88 bits per heavy atom. The van der Waals surface area contributed by atoms with Crippen LogP contribution >= 0.6 is 0 Å². The molecule has 1 aliphatic heterocycles. The number of imidazole rings is 1. The van der Waals surface area contributed by atoms with Gasteiger partial charge in [0.15, 0.2) is 0 Å². The standard InChI is InChI=1S/C31H38N6O3/c1-2-40-30(39)31(14-18-36(19-15-31)24-11-16-34-17-12-24)13-10-27-35-25-20-22(21-32)8-9-26(25)37(27)28(29(33)38)23-6-4-3-5-7-23/h8-9,11-12,16-17,20,23,28H,2-7,10,13-15,18-19H2,1H3,(H2,33,38). The van der Waals surface area contributed by atoms with Gasteiger partial charge in [0.25, 0.3) is 0 Å². The molecule has 40 heavy (non-hydrogen) atoms. The summed E-state index contributed by atoms with van der Waals surface area (Å²) in [7, 11) is 0. The van der Waals surface area contributed by atoms with E-state index in [1.54, 1.807) is 24.5 Å². The number of nitriles is 1. The average molecular weight is 543 g/mol. The highest BCUT2D eigenvalue weighted by Crippen LogP contribution is 2.41. The van der Waals surface area contributed by atoms with E-state index in [9.17, 15) is 14.9 Å². The largest absolute Gasteiger partial charge is 0.466 e. The fraction of sp³-hybridized carbons (Fsp3) is 0.516. The lowest BCUT2D eigenvalue weighted by atomic mass is 9.74. The summed E-state index contributed by atoms with van der Waals surface area (Å²) < 4.78 is 7.62. The number of hydrogen-bond acceptors (Lipinski definition) is 7. The number of aryl methyl sites for hydroxylation is 1. The number of carbonyl (C=O) groups excluding carboxylic acids is 2. The summed E-state index contributed by atoms with van der Waals surface area (Å²) in [6.07, 6.45) is 11.2. The number of esters is 1. The predicted octanol–water partition coefficient (Wildman–Crippen LogP) is 4.69. The number of anilines is 1. The molecule has 0 bridgehead atoms. The molecule has 1 aliphatic carbocycles. The van der Waals surface area contributed by atoms with Crippen molar-refractivity contribution in [1.29, 1.82) is 5.26 Å². The van der Waals surface area contributed by atoms with Crippen LogP contribution in [0.15, 0.2) is 42.7 Å². The summed E-state index contributed by atoms with van der Waals surface area (Å²) >= 11 is 0. The smallest absolute Gasteiger partial charge is 0.312 e. The number of benzene rings is 1. The van der Waals surface area contributed by atoms with Gasteiger partial charge < -0.3 is 19.9 Å². The first-order valence-electron chi connectivity index (χ1n) is 14.5. The SMILES string of the molecule is CCOC(=O)C1(CCc2nc3cc(C#N)ccc3n2C(C(N)=O)C2CCCCC2)CCN(c2ccncc2)CC1. The Morgan fingerprint density at radius 1 is 1.15 bits per heavy atom. The van der Waals surface area contributed by atoms with Crippen molar-refractivity contribution in [3.8, 4) is 6.07 Å². The Morgan fingerprint density at radius 3 is 2.52 bits per heavy atom. The van der Waals surface area contributed by atoms with E-state index >= 15 is 0 Å². The first-order chi connectivity index (χ1) is 19.5. The van der Waals surface area contributed by atoms with E-state index in [0.717, 1.165) is 55.8 Å². The second-order valence-electron chi connectivity index (χ2n) is 11.2. The number of hydrogen-bond donors (Lipinski definition) is 1. The Bertz CT molecular complexity index is 1380. The number of aromatic nitrogens is 3. The van der Waals surface area contributed by atoms with Gasteiger partial charge in [-0.3, -0.25) is 14.6 Å². The van der Waals surface area contributed by atoms with Crippen LogP contribution in [-0.2, 0) is 20.7 Å². The molecule has 2 N–H and O–H groups in total. The third-order valence-corrected chi connectivity index (χ3v) is 8.84. The van der Waals surface area contributed by atoms with Crippen LogP contribution in [0.5, 0.6) is 0 Å². The minimum Gasteiger partial charge on any atom is -0.466 e. The number of rotatable bonds is 9. The number of nitrogens with zero attached hydrogens (tertiary/aromatic N) is 5. The lowest BCUT2D eigenvalue weighted by Crippen LogP contribution is -2.45. The van der Waals surface area contributed by atoms with Gasteiger partial charge in [0.2, 0.25) is 5.91 Å². The van der Waals surface area contributed by atoms with Crippen molar-refractivity contribution < 1.29 is 14.3 Å². The molecule has 1 aromatic carbocycles. The lowest BCUT2D eigenvalue weighted by molar-refractivity contribution is -0.157. The summed E-state index contributed by atoms with van der Waals surface area (Å²) in [4.78, 5) is 37.8. The van der Waals surface area contributed by atoms with Crippen molar-refractivity contribution in [3.05, 3.63) is 54.1 Å². The quantitative estimate of drug-likeness (QED) is 0.389. The normalized spacial score (nSPS) is 18.2. The lowest BCUT2D eigenvalue weighted by Gasteiger charge is -2.41. The number of primary amides is 1. The highest BCUT2D eigenvalue weighted by molar-refractivity contribution is 5.84. The molecule has 2 aliphatic rings. The van der Waals surface area contributed by atoms with E-state index in [1.807, 2.05) is 29.7 Å². The maximum Gasteiger partial charge on any atom is 0.312 e. The van der Waals surface area contributed by atoms with Crippen LogP contribution in [0.2, 0.25) is 0 Å². The third kappa shape index (κ3) is 5.53. The summed E-state index contributed by atoms with van der Waals surface area (Å²) in [5.74, 6) is 0.348. The fourth-order valence-corrected chi connectivity index (χ4v) is 6.66. The van der Waals surface area contributed by atoms with Gasteiger partial charge in [0, 0.05) is 37.6 Å². The summed E-state index contributed by atoms with van der Waals surface area (Å²) in [6.45, 7) is 3.63. The Hall–Kier alpha value is -3.93. The average Bonchev–Trinajstić information content (AvgIpc) is 3.34. The van der Waals surface area contributed by atoms with Crippen LogP contribution in [-0.4, -0.2) is 46.1 Å². The Labute approximate surface area is 235 Å². The van der Waals surface area contributed by atoms with E-state index in [-0.39, 0.29) is 17.8 Å². The number of carbonyl (C=O) groups is 2. The molecule has 210 valence electrons. The molecule has 1 saturated heterocycles. The van der Waals surface area contributed by atoms with E-state index in [4.69, 9.17) is 15.5 Å². The monoisotopic (exact) mass is 542 g/mol. The molecule has 1 amide bonds. The van der Waals surface area contributed by atoms with Crippen molar-refractivity contribution in [2.45, 2.75) is 70.8 Å². The van der Waals surface area contributed by atoms with E-state index in [0.29, 0.717) is 43.4 Å². The third-order valence-electron chi connectivity index (χ3n) is 8.84. The minimum absolute atomic E-state index is 0.140. The zero-order valence-corrected chi connectivity index (χ0v) is 23.2. The Kier molecular flexibility index (Phi) is 8.34. The van der Waals surface area contributed by atoms with Crippen LogP contribution < -0.4 is 10.6 Å². The van der Waals surface area contributed by atoms with Crippen LogP contribution in [0.1, 0.15) is 75.7 Å². The molecule has 0 radical (unpaired) electrons. The van der Waals surface area contributed by atoms with Gasteiger partial charge in [-0.05, 0) is 75.3 Å². The molecule has 1 saturated carbocycles. The van der Waals surface area contributed by atoms with Crippen LogP contribution in [0.4, 0.5) is 5.69 Å². The maximum absolute atomic E-state index is 13.4. The summed E-state index contributed by atoms with van der Waals surface area (Å²) in [6, 6.07) is 11.1. The number of piperidine rings is 1. The molecule has 0 spiro atoms. The van der Waals surface area contributed by atoms with Gasteiger partial charge in [0.1, 0.15) is 11.9 Å². The fourth-order valence-electron chi connectivity index (χ4n) is 6.66. The topological polar surface area (TPSA) is 127 Å². The summed E-state index contributed by atoms with van der Waals surface area (Å²) in [5.41, 5.74) is 8.52. The van der Waals surface area contributed by atoms with Crippen molar-refractivity contribution in [2.24, 2.45) is 17.1 Å². The number of amides is 1. The molecule has 2 aromatic heterocycles. The first kappa shape index (κ1) is 27.6. The highest BCUT2D eigenvalue weighted by atomic mass is 16.5. The molecule has 9 nitrogen and oxygen atoms in total. The van der Waals surface area contributed by atoms with Gasteiger partial charge in [-0.15, -0.1) is 0 Å². The van der Waals surface area contributed by atoms with Gasteiger partial charge in [0.05, 0.1) is 34.7 Å². The van der Waals surface area contributed by atoms with Gasteiger partial charge >= 0.3 is 5.97 Å². The number of pyridine rings is 1. The molecule has 1 unspecified atom stereocenters. The number of fused-ring (bicyclic) bond motifs is 1. The van der Waals surface area contributed by atoms with Crippen molar-refractivity contribution in [1.82, 2.24) is 14.5 Å². The van der Waals surface area contributed by atoms with Gasteiger partial charge in [-0.2, -0.15) is 5.26 Å². The Balaban J connectivity index is 1.47. The molecule has 2 fully saturated rings. The number of nitrogens with two attached hydrogens (primary N) is 1. The molecule has 3 aromatic rings. The van der Waals surface area contributed by atoms with E-state index in [2.05, 4.69) is 16.0 Å². The zero-order chi connectivity index (χ0) is 28.1. The highest BCUT2D eigenvalue weighted by Gasteiger charge is 2.43. The minimum atomic E-state index is -0.645. The molecule has 5 rings (SSSR count). The van der Waals surface area contributed by atoms with Crippen molar-refractivity contribution in [2.75, 3.05) is 24.6 Å². The zero-order valence-electron chi connectivity index (χ0n) is 23.2. The molecule has 9 heteroatoms. The van der Waals surface area contributed by atoms with Gasteiger partial charge in [-0.25, -0.2) is 4.98 Å². The molecular formula is C31H38N6O3.